The standard InChI is InChI=1S/C13H25N3S/c1-6-13(7-14-10(2)3)16(5)8-12-9-17-11(4)15-12/h9-10,13-14H,6-8H2,1-5H3. The lowest BCUT2D eigenvalue weighted by atomic mass is 10.2. The number of nitrogens with one attached hydrogen (secondary N) is 1. The van der Waals surface area contributed by atoms with Gasteiger partial charge in [0.25, 0.3) is 0 Å². The molecule has 0 saturated carbocycles. The maximum Gasteiger partial charge on any atom is 0.0897 e. The molecule has 0 bridgehead atoms. The van der Waals surface area contributed by atoms with E-state index < -0.39 is 0 Å². The SMILES string of the molecule is CCC(CNC(C)C)N(C)Cc1csc(C)n1. The van der Waals surface area contributed by atoms with Gasteiger partial charge in [-0.15, -0.1) is 11.3 Å². The van der Waals surface area contributed by atoms with Crippen LogP contribution in [0.3, 0.4) is 0 Å². The molecule has 1 unspecified atom stereocenters. The van der Waals surface area contributed by atoms with Crippen molar-refractivity contribution in [3.63, 3.8) is 0 Å². The molecular weight excluding hydrogens is 230 g/mol. The van der Waals surface area contributed by atoms with Crippen molar-refractivity contribution in [3.8, 4) is 0 Å². The normalized spacial score (nSPS) is 13.6. The van der Waals surface area contributed by atoms with E-state index in [0.29, 0.717) is 12.1 Å². The molecule has 0 aliphatic carbocycles. The number of rotatable bonds is 7. The van der Waals surface area contributed by atoms with E-state index >= 15 is 0 Å². The average molecular weight is 255 g/mol. The fraction of sp³-hybridized carbons (Fsp3) is 0.769. The Labute approximate surface area is 109 Å². The summed E-state index contributed by atoms with van der Waals surface area (Å²) in [4.78, 5) is 6.91. The highest BCUT2D eigenvalue weighted by Crippen LogP contribution is 2.12. The van der Waals surface area contributed by atoms with Crippen molar-refractivity contribution in [1.82, 2.24) is 15.2 Å². The van der Waals surface area contributed by atoms with Crippen molar-refractivity contribution in [2.24, 2.45) is 0 Å². The van der Waals surface area contributed by atoms with E-state index in [2.05, 4.69) is 55.3 Å². The summed E-state index contributed by atoms with van der Waals surface area (Å²) in [6.45, 7) is 10.7. The van der Waals surface area contributed by atoms with Crippen LogP contribution in [0.1, 0.15) is 37.9 Å². The molecule has 0 fully saturated rings. The van der Waals surface area contributed by atoms with E-state index in [1.54, 1.807) is 11.3 Å². The van der Waals surface area contributed by atoms with Crippen LogP contribution >= 0.6 is 11.3 Å². The average Bonchev–Trinajstić information content (AvgIpc) is 2.64. The molecule has 0 aromatic carbocycles. The molecule has 98 valence electrons. The van der Waals surface area contributed by atoms with E-state index in [0.717, 1.165) is 18.1 Å². The van der Waals surface area contributed by atoms with Gasteiger partial charge in [0, 0.05) is 30.6 Å². The first kappa shape index (κ1) is 14.6. The van der Waals surface area contributed by atoms with Gasteiger partial charge in [-0.25, -0.2) is 4.98 Å². The summed E-state index contributed by atoms with van der Waals surface area (Å²) >= 11 is 1.73. The molecule has 4 heteroatoms. The van der Waals surface area contributed by atoms with Gasteiger partial charge in [0.05, 0.1) is 10.7 Å². The Morgan fingerprint density at radius 3 is 2.65 bits per heavy atom. The van der Waals surface area contributed by atoms with Crippen molar-refractivity contribution in [3.05, 3.63) is 16.1 Å². The third-order valence-corrected chi connectivity index (χ3v) is 3.76. The zero-order valence-electron chi connectivity index (χ0n) is 11.7. The second-order valence-corrected chi connectivity index (χ2v) is 5.96. The lowest BCUT2D eigenvalue weighted by Gasteiger charge is -2.27. The van der Waals surface area contributed by atoms with Gasteiger partial charge in [0.2, 0.25) is 0 Å². The third-order valence-electron chi connectivity index (χ3n) is 2.93. The highest BCUT2D eigenvalue weighted by molar-refractivity contribution is 7.09. The topological polar surface area (TPSA) is 28.2 Å². The molecule has 1 aromatic rings. The quantitative estimate of drug-likeness (QED) is 0.812. The Hall–Kier alpha value is -0.450. The van der Waals surface area contributed by atoms with Crippen LogP contribution in [-0.4, -0.2) is 35.6 Å². The number of aryl methyl sites for hydroxylation is 1. The van der Waals surface area contributed by atoms with Gasteiger partial charge in [0.1, 0.15) is 0 Å². The molecule has 3 nitrogen and oxygen atoms in total. The number of hydrogen-bond acceptors (Lipinski definition) is 4. The number of thiazole rings is 1. The molecule has 0 amide bonds. The Morgan fingerprint density at radius 2 is 2.18 bits per heavy atom. The smallest absolute Gasteiger partial charge is 0.0897 e. The first-order chi connectivity index (χ1) is 8.02. The Balaban J connectivity index is 2.45. The summed E-state index contributed by atoms with van der Waals surface area (Å²) in [6.07, 6.45) is 1.17. The Bertz CT molecular complexity index is 322. The molecule has 1 atom stereocenters. The molecule has 0 radical (unpaired) electrons. The molecule has 0 aliphatic rings. The van der Waals surface area contributed by atoms with Crippen LogP contribution in [0, 0.1) is 6.92 Å². The predicted octanol–water partition coefficient (Wildman–Crippen LogP) is 2.66. The van der Waals surface area contributed by atoms with Gasteiger partial charge in [-0.3, -0.25) is 4.90 Å². The lowest BCUT2D eigenvalue weighted by molar-refractivity contribution is 0.216. The zero-order chi connectivity index (χ0) is 12.8. The van der Waals surface area contributed by atoms with Crippen LogP contribution in [0.25, 0.3) is 0 Å². The van der Waals surface area contributed by atoms with E-state index in [1.165, 1.54) is 12.1 Å². The zero-order valence-corrected chi connectivity index (χ0v) is 12.5. The van der Waals surface area contributed by atoms with Crippen molar-refractivity contribution in [1.29, 1.82) is 0 Å². The van der Waals surface area contributed by atoms with Crippen LogP contribution in [0.4, 0.5) is 0 Å². The summed E-state index contributed by atoms with van der Waals surface area (Å²) in [6, 6.07) is 1.14. The molecule has 0 saturated heterocycles. The van der Waals surface area contributed by atoms with Gasteiger partial charge in [-0.05, 0) is 20.4 Å². The fourth-order valence-corrected chi connectivity index (χ4v) is 2.45. The Kier molecular flexibility index (Phi) is 6.09. The Morgan fingerprint density at radius 1 is 1.47 bits per heavy atom. The lowest BCUT2D eigenvalue weighted by Crippen LogP contribution is -2.41. The molecule has 0 spiro atoms. The molecule has 1 rings (SSSR count). The van der Waals surface area contributed by atoms with E-state index in [4.69, 9.17) is 0 Å². The highest BCUT2D eigenvalue weighted by Gasteiger charge is 2.14. The van der Waals surface area contributed by atoms with Gasteiger partial charge < -0.3 is 5.32 Å². The molecule has 1 aromatic heterocycles. The minimum atomic E-state index is 0.555. The van der Waals surface area contributed by atoms with E-state index in [1.807, 2.05) is 0 Å². The van der Waals surface area contributed by atoms with Crippen molar-refractivity contribution < 1.29 is 0 Å². The number of nitrogens with zero attached hydrogens (tertiary/aromatic N) is 2. The highest BCUT2D eigenvalue weighted by atomic mass is 32.1. The molecule has 1 heterocycles. The fourth-order valence-electron chi connectivity index (χ4n) is 1.85. The van der Waals surface area contributed by atoms with Crippen LogP contribution in [-0.2, 0) is 6.54 Å². The number of aromatic nitrogens is 1. The maximum atomic E-state index is 4.52. The van der Waals surface area contributed by atoms with Crippen molar-refractivity contribution in [2.45, 2.75) is 52.7 Å². The minimum absolute atomic E-state index is 0.555. The van der Waals surface area contributed by atoms with Crippen LogP contribution in [0.2, 0.25) is 0 Å². The first-order valence-electron chi connectivity index (χ1n) is 6.37. The predicted molar refractivity (Wildman–Crippen MR) is 75.5 cm³/mol. The first-order valence-corrected chi connectivity index (χ1v) is 7.25. The summed E-state index contributed by atoms with van der Waals surface area (Å²) < 4.78 is 0. The second-order valence-electron chi connectivity index (χ2n) is 4.90. The largest absolute Gasteiger partial charge is 0.313 e. The van der Waals surface area contributed by atoms with Crippen molar-refractivity contribution >= 4 is 11.3 Å². The molecular formula is C13H25N3S. The third kappa shape index (κ3) is 5.15. The summed E-state index contributed by atoms with van der Waals surface area (Å²) in [5, 5.41) is 6.82. The van der Waals surface area contributed by atoms with E-state index in [9.17, 15) is 0 Å². The minimum Gasteiger partial charge on any atom is -0.313 e. The molecule has 0 aliphatic heterocycles. The van der Waals surface area contributed by atoms with E-state index in [-0.39, 0.29) is 0 Å². The van der Waals surface area contributed by atoms with Crippen LogP contribution in [0.15, 0.2) is 5.38 Å². The van der Waals surface area contributed by atoms with Gasteiger partial charge >= 0.3 is 0 Å². The summed E-state index contributed by atoms with van der Waals surface area (Å²) in [5.74, 6) is 0. The maximum absolute atomic E-state index is 4.52. The van der Waals surface area contributed by atoms with Crippen LogP contribution < -0.4 is 5.32 Å². The number of likely N-dealkylation sites (N-methyl/N-ethyl adjacent to an activating group) is 1. The summed E-state index contributed by atoms with van der Waals surface area (Å²) in [7, 11) is 2.19. The molecule has 1 N–H and O–H groups in total. The van der Waals surface area contributed by atoms with Crippen LogP contribution in [0.5, 0.6) is 0 Å². The second kappa shape index (κ2) is 7.09. The summed E-state index contributed by atoms with van der Waals surface area (Å²) in [5.41, 5.74) is 1.19. The monoisotopic (exact) mass is 255 g/mol. The van der Waals surface area contributed by atoms with Gasteiger partial charge in [0.15, 0.2) is 0 Å². The van der Waals surface area contributed by atoms with Gasteiger partial charge in [-0.2, -0.15) is 0 Å². The number of hydrogen-bond donors (Lipinski definition) is 1. The molecule has 17 heavy (non-hydrogen) atoms. The van der Waals surface area contributed by atoms with Crippen molar-refractivity contribution in [2.75, 3.05) is 13.6 Å². The van der Waals surface area contributed by atoms with Gasteiger partial charge in [-0.1, -0.05) is 20.8 Å².